The van der Waals surface area contributed by atoms with Crippen molar-refractivity contribution in [3.63, 3.8) is 0 Å². The number of hydrogen-bond donors (Lipinski definition) is 2. The lowest BCUT2D eigenvalue weighted by molar-refractivity contribution is -0.166. The Morgan fingerprint density at radius 1 is 1.25 bits per heavy atom. The average molecular weight is 174 g/mol. The Hall–Kier alpha value is -1.23. The molecule has 2 N–H and O–H groups in total. The molecule has 0 aromatic carbocycles. The number of rotatable bonds is 4. The Morgan fingerprint density at radius 2 is 1.67 bits per heavy atom. The summed E-state index contributed by atoms with van der Waals surface area (Å²) in [7, 11) is 0. The minimum absolute atomic E-state index is 0.546. The quantitative estimate of drug-likeness (QED) is 0.553. The summed E-state index contributed by atoms with van der Waals surface area (Å²) >= 11 is 0. The number of carbonyl (C=O) groups excluding carboxylic acids is 2. The summed E-state index contributed by atoms with van der Waals surface area (Å²) in [5.41, 5.74) is -2.55. The van der Waals surface area contributed by atoms with Crippen LogP contribution in [-0.2, 0) is 14.4 Å². The largest absolute Gasteiger partial charge is 0.479 e. The number of carboxylic acids is 1. The van der Waals surface area contributed by atoms with Crippen LogP contribution in [0.4, 0.5) is 0 Å². The Morgan fingerprint density at radius 3 is 1.75 bits per heavy atom. The van der Waals surface area contributed by atoms with Crippen molar-refractivity contribution in [2.75, 3.05) is 0 Å². The van der Waals surface area contributed by atoms with Gasteiger partial charge in [-0.25, -0.2) is 4.79 Å². The van der Waals surface area contributed by atoms with Crippen LogP contribution < -0.4 is 0 Å². The Labute approximate surface area is 69.0 Å². The summed E-state index contributed by atoms with van der Waals surface area (Å²) < 4.78 is 0. The second-order valence-electron chi connectivity index (χ2n) is 2.60. The van der Waals surface area contributed by atoms with Crippen LogP contribution in [-0.4, -0.2) is 33.3 Å². The van der Waals surface area contributed by atoms with Crippen LogP contribution >= 0.6 is 0 Å². The van der Waals surface area contributed by atoms with E-state index in [1.807, 2.05) is 0 Å². The number of aliphatic carboxylic acids is 1. The molecule has 1 atom stereocenters. The predicted octanol–water partition coefficient (Wildman–Crippen LogP) is -0.630. The number of ketones is 2. The predicted molar refractivity (Wildman–Crippen MR) is 38.6 cm³/mol. The van der Waals surface area contributed by atoms with Gasteiger partial charge in [-0.3, -0.25) is 9.59 Å². The zero-order valence-electron chi connectivity index (χ0n) is 6.83. The van der Waals surface area contributed by atoms with Crippen LogP contribution in [0.3, 0.4) is 0 Å². The van der Waals surface area contributed by atoms with Gasteiger partial charge in [0.05, 0.1) is 6.42 Å². The standard InChI is InChI=1S/C7H10O5/c1-4(8)3-7(12,5(2)9)6(10)11/h12H,3H2,1-2H3,(H,10,11). The highest BCUT2D eigenvalue weighted by Gasteiger charge is 2.42. The lowest BCUT2D eigenvalue weighted by atomic mass is 9.93. The topological polar surface area (TPSA) is 91.7 Å². The van der Waals surface area contributed by atoms with Gasteiger partial charge in [0.15, 0.2) is 5.78 Å². The van der Waals surface area contributed by atoms with Gasteiger partial charge in [0.2, 0.25) is 5.60 Å². The van der Waals surface area contributed by atoms with Gasteiger partial charge in [-0.15, -0.1) is 0 Å². The van der Waals surface area contributed by atoms with Crippen molar-refractivity contribution < 1.29 is 24.6 Å². The maximum absolute atomic E-state index is 10.7. The fourth-order valence-corrected chi connectivity index (χ4v) is 0.711. The van der Waals surface area contributed by atoms with Gasteiger partial charge < -0.3 is 10.2 Å². The van der Waals surface area contributed by atoms with Crippen molar-refractivity contribution in [1.29, 1.82) is 0 Å². The van der Waals surface area contributed by atoms with Crippen molar-refractivity contribution in [3.05, 3.63) is 0 Å². The minimum Gasteiger partial charge on any atom is -0.479 e. The molecule has 68 valence electrons. The molecule has 0 radical (unpaired) electrons. The number of carbonyl (C=O) groups is 3. The molecule has 0 aliphatic heterocycles. The third kappa shape index (κ3) is 2.13. The molecule has 0 saturated carbocycles. The van der Waals surface area contributed by atoms with Crippen LogP contribution in [0.25, 0.3) is 0 Å². The molecular formula is C7H10O5. The highest BCUT2D eigenvalue weighted by atomic mass is 16.4. The van der Waals surface area contributed by atoms with Gasteiger partial charge in [0.1, 0.15) is 5.78 Å². The van der Waals surface area contributed by atoms with Crippen molar-refractivity contribution in [2.45, 2.75) is 25.9 Å². The van der Waals surface area contributed by atoms with Gasteiger partial charge in [0.25, 0.3) is 0 Å². The van der Waals surface area contributed by atoms with E-state index in [1.54, 1.807) is 0 Å². The molecule has 0 aromatic heterocycles. The molecule has 0 heterocycles. The highest BCUT2D eigenvalue weighted by Crippen LogP contribution is 2.12. The van der Waals surface area contributed by atoms with E-state index in [0.717, 1.165) is 13.8 Å². The number of carboxylic acid groups (broad SMARTS) is 1. The molecule has 5 heteroatoms. The summed E-state index contributed by atoms with van der Waals surface area (Å²) in [5.74, 6) is -3.18. The summed E-state index contributed by atoms with van der Waals surface area (Å²) in [6, 6.07) is 0. The first-order valence-corrected chi connectivity index (χ1v) is 3.27. The first-order valence-electron chi connectivity index (χ1n) is 3.27. The molecule has 0 fully saturated rings. The lowest BCUT2D eigenvalue weighted by Gasteiger charge is -2.17. The monoisotopic (exact) mass is 174 g/mol. The molecule has 0 spiro atoms. The normalized spacial score (nSPS) is 14.9. The molecule has 0 aliphatic rings. The van der Waals surface area contributed by atoms with E-state index >= 15 is 0 Å². The van der Waals surface area contributed by atoms with E-state index in [9.17, 15) is 14.4 Å². The summed E-state index contributed by atoms with van der Waals surface area (Å²) in [6.07, 6.45) is -0.683. The van der Waals surface area contributed by atoms with Gasteiger partial charge in [-0.2, -0.15) is 0 Å². The molecule has 1 unspecified atom stereocenters. The lowest BCUT2D eigenvalue weighted by Crippen LogP contribution is -2.46. The van der Waals surface area contributed by atoms with E-state index in [0.29, 0.717) is 0 Å². The molecule has 0 saturated heterocycles. The van der Waals surface area contributed by atoms with Crippen LogP contribution in [0.1, 0.15) is 20.3 Å². The van der Waals surface area contributed by atoms with Crippen LogP contribution in [0.2, 0.25) is 0 Å². The van der Waals surface area contributed by atoms with Crippen molar-refractivity contribution in [3.8, 4) is 0 Å². The van der Waals surface area contributed by atoms with Gasteiger partial charge in [-0.1, -0.05) is 0 Å². The first-order chi connectivity index (χ1) is 5.30. The fraction of sp³-hybridized carbons (Fsp3) is 0.571. The van der Waals surface area contributed by atoms with E-state index < -0.39 is 29.6 Å². The molecule has 12 heavy (non-hydrogen) atoms. The van der Waals surface area contributed by atoms with Crippen molar-refractivity contribution in [1.82, 2.24) is 0 Å². The SMILES string of the molecule is CC(=O)CC(O)(C(C)=O)C(=O)O. The zero-order chi connectivity index (χ0) is 9.94. The molecule has 0 aliphatic carbocycles. The Balaban J connectivity index is 4.75. The molecule has 0 bridgehead atoms. The molecule has 5 nitrogen and oxygen atoms in total. The van der Waals surface area contributed by atoms with Gasteiger partial charge >= 0.3 is 5.97 Å². The maximum atomic E-state index is 10.7. The average Bonchev–Trinajstić information content (AvgIpc) is 1.84. The van der Waals surface area contributed by atoms with Crippen LogP contribution in [0.15, 0.2) is 0 Å². The highest BCUT2D eigenvalue weighted by molar-refractivity contribution is 6.08. The second-order valence-corrected chi connectivity index (χ2v) is 2.60. The number of aliphatic hydroxyl groups is 1. The summed E-state index contributed by atoms with van der Waals surface area (Å²) in [6.45, 7) is 2.04. The first kappa shape index (κ1) is 10.8. The second kappa shape index (κ2) is 3.44. The fourth-order valence-electron chi connectivity index (χ4n) is 0.711. The van der Waals surface area contributed by atoms with Gasteiger partial charge in [-0.05, 0) is 13.8 Å². The zero-order valence-corrected chi connectivity index (χ0v) is 6.83. The van der Waals surface area contributed by atoms with Crippen molar-refractivity contribution >= 4 is 17.5 Å². The van der Waals surface area contributed by atoms with E-state index in [4.69, 9.17) is 10.2 Å². The van der Waals surface area contributed by atoms with E-state index in [2.05, 4.69) is 0 Å². The maximum Gasteiger partial charge on any atom is 0.344 e. The third-order valence-corrected chi connectivity index (χ3v) is 1.44. The minimum atomic E-state index is -2.55. The van der Waals surface area contributed by atoms with Crippen molar-refractivity contribution in [2.24, 2.45) is 0 Å². The van der Waals surface area contributed by atoms with Crippen LogP contribution in [0.5, 0.6) is 0 Å². The summed E-state index contributed by atoms with van der Waals surface area (Å²) in [5, 5.41) is 17.6. The molecule has 0 rings (SSSR count). The molecule has 0 aromatic rings. The third-order valence-electron chi connectivity index (χ3n) is 1.44. The Kier molecular flexibility index (Phi) is 3.09. The molecule has 0 amide bonds. The van der Waals surface area contributed by atoms with Crippen LogP contribution in [0, 0.1) is 0 Å². The van der Waals surface area contributed by atoms with Gasteiger partial charge in [0, 0.05) is 0 Å². The number of Topliss-reactive ketones (excluding diaryl/α,β-unsaturated/α-hetero) is 2. The van der Waals surface area contributed by atoms with E-state index in [1.165, 1.54) is 0 Å². The van der Waals surface area contributed by atoms with E-state index in [-0.39, 0.29) is 0 Å². The smallest absolute Gasteiger partial charge is 0.344 e. The Bertz CT molecular complexity index is 216. The summed E-state index contributed by atoms with van der Waals surface area (Å²) in [4.78, 5) is 31.5. The number of hydrogen-bond acceptors (Lipinski definition) is 4. The molecular weight excluding hydrogens is 164 g/mol.